The highest BCUT2D eigenvalue weighted by Gasteiger charge is 2.38. The molecule has 8 heteroatoms. The molecule has 0 bridgehead atoms. The van der Waals surface area contributed by atoms with E-state index in [9.17, 15) is 14.0 Å². The van der Waals surface area contributed by atoms with Crippen molar-refractivity contribution in [3.05, 3.63) is 64.2 Å². The third-order valence-corrected chi connectivity index (χ3v) is 5.93. The lowest BCUT2D eigenvalue weighted by atomic mass is 10.0. The quantitative estimate of drug-likeness (QED) is 0.685. The summed E-state index contributed by atoms with van der Waals surface area (Å²) in [5.74, 6) is -0.494. The molecule has 2 unspecified atom stereocenters. The second-order valence-corrected chi connectivity index (χ2v) is 7.90. The summed E-state index contributed by atoms with van der Waals surface area (Å²) in [4.78, 5) is 28.5. The van der Waals surface area contributed by atoms with Crippen molar-refractivity contribution in [3.8, 4) is 11.3 Å². The van der Waals surface area contributed by atoms with Crippen LogP contribution in [-0.2, 0) is 4.79 Å². The van der Waals surface area contributed by atoms with Gasteiger partial charge in [-0.05, 0) is 42.1 Å². The SMILES string of the molecule is CCCC1C(=O)NC(c2cccs2)CN1C(=O)c1cc(-c2ccc(F)cc2)on1. The molecule has 2 amide bonds. The Morgan fingerprint density at radius 3 is 2.83 bits per heavy atom. The van der Waals surface area contributed by atoms with Crippen molar-refractivity contribution in [2.45, 2.75) is 31.8 Å². The van der Waals surface area contributed by atoms with Gasteiger partial charge in [-0.1, -0.05) is 24.6 Å². The lowest BCUT2D eigenvalue weighted by Crippen LogP contribution is -2.58. The highest BCUT2D eigenvalue weighted by Crippen LogP contribution is 2.28. The average Bonchev–Trinajstić information content (AvgIpc) is 3.42. The van der Waals surface area contributed by atoms with Gasteiger partial charge >= 0.3 is 0 Å². The summed E-state index contributed by atoms with van der Waals surface area (Å²) in [7, 11) is 0. The maximum atomic E-state index is 13.2. The molecule has 0 aliphatic carbocycles. The van der Waals surface area contributed by atoms with E-state index in [1.165, 1.54) is 18.2 Å². The lowest BCUT2D eigenvalue weighted by Gasteiger charge is -2.38. The van der Waals surface area contributed by atoms with Crippen LogP contribution in [-0.4, -0.2) is 34.5 Å². The summed E-state index contributed by atoms with van der Waals surface area (Å²) in [6.07, 6.45) is 1.34. The number of carbonyl (C=O) groups excluding carboxylic acids is 2. The molecule has 4 rings (SSSR count). The standard InChI is InChI=1S/C21H20FN3O3S/c1-2-4-17-20(26)23-16(19-5-3-10-29-19)12-25(17)21(27)15-11-18(28-24-15)13-6-8-14(22)9-7-13/h3,5-11,16-17H,2,4,12H2,1H3,(H,23,26). The Bertz CT molecular complexity index is 1000. The number of hydrogen-bond donors (Lipinski definition) is 1. The number of halogens is 1. The van der Waals surface area contributed by atoms with Crippen molar-refractivity contribution in [1.29, 1.82) is 0 Å². The Morgan fingerprint density at radius 1 is 1.34 bits per heavy atom. The molecule has 3 heterocycles. The molecule has 150 valence electrons. The summed E-state index contributed by atoms with van der Waals surface area (Å²) in [5, 5.41) is 8.88. The highest BCUT2D eigenvalue weighted by atomic mass is 32.1. The molecule has 6 nitrogen and oxygen atoms in total. The van der Waals surface area contributed by atoms with Crippen LogP contribution < -0.4 is 5.32 Å². The van der Waals surface area contributed by atoms with Crippen LogP contribution >= 0.6 is 11.3 Å². The minimum atomic E-state index is -0.547. The number of nitrogens with zero attached hydrogens (tertiary/aromatic N) is 2. The molecule has 2 atom stereocenters. The molecule has 1 aliphatic rings. The van der Waals surface area contributed by atoms with Crippen LogP contribution in [0.2, 0.25) is 0 Å². The molecule has 1 N–H and O–H groups in total. The molecule has 0 saturated carbocycles. The maximum absolute atomic E-state index is 13.2. The minimum absolute atomic E-state index is 0.130. The van der Waals surface area contributed by atoms with E-state index in [4.69, 9.17) is 4.52 Å². The van der Waals surface area contributed by atoms with Gasteiger partial charge in [0, 0.05) is 23.1 Å². The molecule has 0 spiro atoms. The number of thiophene rings is 1. The topological polar surface area (TPSA) is 75.4 Å². The largest absolute Gasteiger partial charge is 0.355 e. The zero-order valence-electron chi connectivity index (χ0n) is 15.8. The van der Waals surface area contributed by atoms with E-state index in [0.717, 1.165) is 11.3 Å². The zero-order chi connectivity index (χ0) is 20.4. The first-order valence-corrected chi connectivity index (χ1v) is 10.3. The van der Waals surface area contributed by atoms with Gasteiger partial charge in [0.25, 0.3) is 5.91 Å². The Kier molecular flexibility index (Phi) is 5.44. The molecular weight excluding hydrogens is 393 g/mol. The average molecular weight is 413 g/mol. The molecule has 29 heavy (non-hydrogen) atoms. The van der Waals surface area contributed by atoms with Gasteiger partial charge < -0.3 is 14.7 Å². The zero-order valence-corrected chi connectivity index (χ0v) is 16.6. The van der Waals surface area contributed by atoms with Crippen molar-refractivity contribution in [2.24, 2.45) is 0 Å². The van der Waals surface area contributed by atoms with Gasteiger partial charge in [0.2, 0.25) is 5.91 Å². The van der Waals surface area contributed by atoms with Gasteiger partial charge in [-0.2, -0.15) is 0 Å². The number of aromatic nitrogens is 1. The first-order chi connectivity index (χ1) is 14.1. The normalized spacial score (nSPS) is 19.2. The minimum Gasteiger partial charge on any atom is -0.355 e. The van der Waals surface area contributed by atoms with Gasteiger partial charge in [0.1, 0.15) is 11.9 Å². The van der Waals surface area contributed by atoms with Gasteiger partial charge in [-0.15, -0.1) is 11.3 Å². The Morgan fingerprint density at radius 2 is 2.14 bits per heavy atom. The van der Waals surface area contributed by atoms with Gasteiger partial charge in [0.15, 0.2) is 11.5 Å². The third kappa shape index (κ3) is 3.93. The Hall–Kier alpha value is -3.00. The Labute approximate surface area is 171 Å². The number of piperazine rings is 1. The number of benzene rings is 1. The van der Waals surface area contributed by atoms with Crippen LogP contribution in [0.4, 0.5) is 4.39 Å². The predicted octanol–water partition coefficient (Wildman–Crippen LogP) is 4.02. The molecule has 3 aromatic rings. The summed E-state index contributed by atoms with van der Waals surface area (Å²) in [6.45, 7) is 2.35. The fourth-order valence-corrected chi connectivity index (χ4v) is 4.26. The highest BCUT2D eigenvalue weighted by molar-refractivity contribution is 7.10. The van der Waals surface area contributed by atoms with E-state index in [2.05, 4.69) is 10.5 Å². The molecule has 1 aliphatic heterocycles. The van der Waals surface area contributed by atoms with Crippen molar-refractivity contribution in [2.75, 3.05) is 6.54 Å². The van der Waals surface area contributed by atoms with Gasteiger partial charge in [-0.25, -0.2) is 4.39 Å². The van der Waals surface area contributed by atoms with E-state index in [0.29, 0.717) is 24.3 Å². The molecular formula is C21H20FN3O3S. The number of amides is 2. The van der Waals surface area contributed by atoms with E-state index in [1.54, 1.807) is 28.4 Å². The number of rotatable bonds is 5. The van der Waals surface area contributed by atoms with E-state index in [1.807, 2.05) is 24.4 Å². The molecule has 1 fully saturated rings. The molecule has 1 saturated heterocycles. The first kappa shape index (κ1) is 19.3. The molecule has 0 radical (unpaired) electrons. The number of carbonyl (C=O) groups is 2. The van der Waals surface area contributed by atoms with Crippen LogP contribution in [0, 0.1) is 5.82 Å². The maximum Gasteiger partial charge on any atom is 0.276 e. The van der Waals surface area contributed by atoms with Gasteiger partial charge in [-0.3, -0.25) is 9.59 Å². The summed E-state index contributed by atoms with van der Waals surface area (Å²) in [6, 6.07) is 10.4. The summed E-state index contributed by atoms with van der Waals surface area (Å²) in [5.41, 5.74) is 0.751. The predicted molar refractivity (Wildman–Crippen MR) is 107 cm³/mol. The second kappa shape index (κ2) is 8.16. The fourth-order valence-electron chi connectivity index (χ4n) is 3.49. The second-order valence-electron chi connectivity index (χ2n) is 6.92. The third-order valence-electron chi connectivity index (χ3n) is 4.94. The summed E-state index contributed by atoms with van der Waals surface area (Å²) >= 11 is 1.54. The molecule has 2 aromatic heterocycles. The number of hydrogen-bond acceptors (Lipinski definition) is 5. The van der Waals surface area contributed by atoms with E-state index < -0.39 is 6.04 Å². The van der Waals surface area contributed by atoms with Crippen molar-refractivity contribution >= 4 is 23.2 Å². The van der Waals surface area contributed by atoms with Crippen LogP contribution in [0.5, 0.6) is 0 Å². The summed E-state index contributed by atoms with van der Waals surface area (Å²) < 4.78 is 18.4. The van der Waals surface area contributed by atoms with Crippen molar-refractivity contribution < 1.29 is 18.5 Å². The lowest BCUT2D eigenvalue weighted by molar-refractivity contribution is -0.129. The van der Waals surface area contributed by atoms with Crippen LogP contribution in [0.15, 0.2) is 52.4 Å². The van der Waals surface area contributed by atoms with Crippen LogP contribution in [0.1, 0.15) is 41.2 Å². The van der Waals surface area contributed by atoms with Crippen LogP contribution in [0.3, 0.4) is 0 Å². The first-order valence-electron chi connectivity index (χ1n) is 9.44. The monoisotopic (exact) mass is 413 g/mol. The number of nitrogens with one attached hydrogen (secondary N) is 1. The van der Waals surface area contributed by atoms with Crippen molar-refractivity contribution in [1.82, 2.24) is 15.4 Å². The van der Waals surface area contributed by atoms with E-state index in [-0.39, 0.29) is 29.4 Å². The molecule has 1 aromatic carbocycles. The van der Waals surface area contributed by atoms with Crippen LogP contribution in [0.25, 0.3) is 11.3 Å². The Balaban J connectivity index is 1.60. The van der Waals surface area contributed by atoms with Crippen molar-refractivity contribution in [3.63, 3.8) is 0 Å². The smallest absolute Gasteiger partial charge is 0.276 e. The van der Waals surface area contributed by atoms with E-state index >= 15 is 0 Å². The fraction of sp³-hybridized carbons (Fsp3) is 0.286. The van der Waals surface area contributed by atoms with Gasteiger partial charge in [0.05, 0.1) is 6.04 Å².